The summed E-state index contributed by atoms with van der Waals surface area (Å²) in [5.41, 5.74) is 1.41. The predicted octanol–water partition coefficient (Wildman–Crippen LogP) is 3.87. The van der Waals surface area contributed by atoms with Crippen molar-refractivity contribution in [3.8, 4) is 0 Å². The number of rotatable bonds is 0. The van der Waals surface area contributed by atoms with Crippen LogP contribution >= 0.6 is 0 Å². The number of aliphatic hydroxyl groups is 1. The Bertz CT molecular complexity index is 738. The summed E-state index contributed by atoms with van der Waals surface area (Å²) in [7, 11) is 0. The van der Waals surface area contributed by atoms with Crippen LogP contribution in [0.1, 0.15) is 52.4 Å². The molecule has 6 aliphatic rings. The van der Waals surface area contributed by atoms with E-state index in [1.54, 1.807) is 0 Å². The summed E-state index contributed by atoms with van der Waals surface area (Å²) < 4.78 is 6.26. The van der Waals surface area contributed by atoms with Crippen LogP contribution in [-0.2, 0) is 9.53 Å². The van der Waals surface area contributed by atoms with Gasteiger partial charge >= 0.3 is 0 Å². The fourth-order valence-electron chi connectivity index (χ4n) is 8.62. The number of hydrogen-bond acceptors (Lipinski definition) is 3. The lowest BCUT2D eigenvalue weighted by atomic mass is 9.47. The van der Waals surface area contributed by atoms with Gasteiger partial charge in [0.1, 0.15) is 0 Å². The SMILES string of the molecule is C[C@@H]1CC2=CC(=O)CC[C@@H]2C2CC[C@@]3(C)C(C21)[C@H]1C[C@H]1[C@@]31C=CC(O)O1. The molecule has 5 aliphatic carbocycles. The van der Waals surface area contributed by atoms with E-state index in [9.17, 15) is 9.90 Å². The topological polar surface area (TPSA) is 46.5 Å². The lowest BCUT2D eigenvalue weighted by molar-refractivity contribution is -0.197. The van der Waals surface area contributed by atoms with Gasteiger partial charge in [-0.3, -0.25) is 4.79 Å². The second kappa shape index (κ2) is 4.91. The minimum absolute atomic E-state index is 0.162. The molecule has 1 aliphatic heterocycles. The first-order valence-corrected chi connectivity index (χ1v) is 10.7. The molecule has 6 rings (SSSR count). The first kappa shape index (κ1) is 16.1. The zero-order valence-electron chi connectivity index (χ0n) is 15.9. The summed E-state index contributed by atoms with van der Waals surface area (Å²) in [6.45, 7) is 4.90. The standard InChI is InChI=1S/C23H30O3/c1-12-9-13-10-14(24)3-4-15(13)16-5-7-22(2)21(20(12)16)17-11-18(17)23(22)8-6-19(25)26-23/h6,8,10,12,15-21,25H,3-5,7,9,11H2,1-2H3/t12-,15+,16?,17+,18-,19?,20?,21?,22+,23+/m1/s1. The molecule has 10 atom stereocenters. The molecule has 1 heterocycles. The largest absolute Gasteiger partial charge is 0.365 e. The van der Waals surface area contributed by atoms with Crippen LogP contribution in [0.15, 0.2) is 23.8 Å². The van der Waals surface area contributed by atoms with E-state index in [2.05, 4.69) is 19.9 Å². The number of ketones is 1. The third-order valence-corrected chi connectivity index (χ3v) is 9.47. The predicted molar refractivity (Wildman–Crippen MR) is 98.0 cm³/mol. The minimum Gasteiger partial charge on any atom is -0.365 e. The molecule has 0 amide bonds. The van der Waals surface area contributed by atoms with Crippen molar-refractivity contribution in [3.63, 3.8) is 0 Å². The Morgan fingerprint density at radius 1 is 1.27 bits per heavy atom. The van der Waals surface area contributed by atoms with E-state index in [4.69, 9.17) is 4.74 Å². The van der Waals surface area contributed by atoms with Gasteiger partial charge in [0, 0.05) is 11.8 Å². The maximum absolute atomic E-state index is 12.0. The summed E-state index contributed by atoms with van der Waals surface area (Å²) in [6.07, 6.45) is 12.1. The van der Waals surface area contributed by atoms with Crippen LogP contribution < -0.4 is 0 Å². The highest BCUT2D eigenvalue weighted by atomic mass is 16.6. The Morgan fingerprint density at radius 2 is 2.12 bits per heavy atom. The highest BCUT2D eigenvalue weighted by Gasteiger charge is 2.77. The quantitative estimate of drug-likeness (QED) is 0.672. The van der Waals surface area contributed by atoms with E-state index in [1.165, 1.54) is 24.8 Å². The summed E-state index contributed by atoms with van der Waals surface area (Å²) >= 11 is 0. The molecule has 0 aromatic carbocycles. The summed E-state index contributed by atoms with van der Waals surface area (Å²) in [6, 6.07) is 0. The van der Waals surface area contributed by atoms with Crippen LogP contribution in [0.4, 0.5) is 0 Å². The lowest BCUT2D eigenvalue weighted by Crippen LogP contribution is -2.56. The molecular formula is C23H30O3. The van der Waals surface area contributed by atoms with E-state index in [1.807, 2.05) is 12.2 Å². The molecule has 26 heavy (non-hydrogen) atoms. The van der Waals surface area contributed by atoms with E-state index in [-0.39, 0.29) is 11.0 Å². The normalized spacial score (nSPS) is 59.5. The van der Waals surface area contributed by atoms with Gasteiger partial charge in [0.05, 0.1) is 5.60 Å². The molecule has 0 aromatic rings. The van der Waals surface area contributed by atoms with Crippen molar-refractivity contribution in [1.82, 2.24) is 0 Å². The van der Waals surface area contributed by atoms with E-state index >= 15 is 0 Å². The van der Waals surface area contributed by atoms with Gasteiger partial charge in [0.25, 0.3) is 0 Å². The molecule has 0 radical (unpaired) electrons. The fourth-order valence-corrected chi connectivity index (χ4v) is 8.62. The van der Waals surface area contributed by atoms with Crippen LogP contribution in [0.5, 0.6) is 0 Å². The molecule has 4 saturated carbocycles. The number of carbonyl (C=O) groups excluding carboxylic acids is 1. The maximum Gasteiger partial charge on any atom is 0.175 e. The Hall–Kier alpha value is -0.930. The fraction of sp³-hybridized carbons (Fsp3) is 0.783. The summed E-state index contributed by atoms with van der Waals surface area (Å²) in [4.78, 5) is 12.0. The van der Waals surface area contributed by atoms with Gasteiger partial charge in [-0.2, -0.15) is 0 Å². The van der Waals surface area contributed by atoms with Crippen molar-refractivity contribution in [2.45, 2.75) is 64.3 Å². The van der Waals surface area contributed by atoms with Crippen LogP contribution in [0.25, 0.3) is 0 Å². The van der Waals surface area contributed by atoms with E-state index in [0.29, 0.717) is 23.5 Å². The molecule has 1 N–H and O–H groups in total. The summed E-state index contributed by atoms with van der Waals surface area (Å²) in [5, 5.41) is 10.1. The summed E-state index contributed by atoms with van der Waals surface area (Å²) in [5.74, 6) is 5.28. The van der Waals surface area contributed by atoms with Gasteiger partial charge in [-0.05, 0) is 85.7 Å². The zero-order chi connectivity index (χ0) is 17.8. The van der Waals surface area contributed by atoms with E-state index in [0.717, 1.165) is 42.9 Å². The number of ether oxygens (including phenoxy) is 1. The third kappa shape index (κ3) is 1.75. The van der Waals surface area contributed by atoms with Crippen molar-refractivity contribution >= 4 is 5.78 Å². The average molecular weight is 354 g/mol. The lowest BCUT2D eigenvalue weighted by Gasteiger charge is -2.59. The molecular weight excluding hydrogens is 324 g/mol. The molecule has 3 nitrogen and oxygen atoms in total. The van der Waals surface area contributed by atoms with E-state index < -0.39 is 6.29 Å². The van der Waals surface area contributed by atoms with Gasteiger partial charge in [-0.15, -0.1) is 0 Å². The first-order valence-electron chi connectivity index (χ1n) is 10.7. The van der Waals surface area contributed by atoms with Gasteiger partial charge in [0.2, 0.25) is 0 Å². The zero-order valence-corrected chi connectivity index (χ0v) is 15.9. The molecule has 0 bridgehead atoms. The van der Waals surface area contributed by atoms with Crippen molar-refractivity contribution in [1.29, 1.82) is 0 Å². The average Bonchev–Trinajstić information content (AvgIpc) is 3.24. The van der Waals surface area contributed by atoms with Crippen LogP contribution in [-0.4, -0.2) is 22.8 Å². The van der Waals surface area contributed by atoms with Crippen molar-refractivity contribution in [3.05, 3.63) is 23.8 Å². The highest BCUT2D eigenvalue weighted by molar-refractivity contribution is 5.91. The number of carbonyl (C=O) groups is 1. The van der Waals surface area contributed by atoms with Crippen molar-refractivity contribution in [2.24, 2.45) is 46.8 Å². The Balaban J connectivity index is 1.40. The Kier molecular flexibility index (Phi) is 3.03. The number of fused-ring (bicyclic) bond motifs is 9. The van der Waals surface area contributed by atoms with Gasteiger partial charge < -0.3 is 9.84 Å². The smallest absolute Gasteiger partial charge is 0.175 e. The van der Waals surface area contributed by atoms with Gasteiger partial charge in [-0.25, -0.2) is 0 Å². The van der Waals surface area contributed by atoms with Gasteiger partial charge in [0.15, 0.2) is 12.1 Å². The van der Waals surface area contributed by atoms with Crippen LogP contribution in [0.3, 0.4) is 0 Å². The molecule has 0 saturated heterocycles. The minimum atomic E-state index is -0.716. The molecule has 140 valence electrons. The Morgan fingerprint density at radius 3 is 2.88 bits per heavy atom. The second-order valence-electron chi connectivity index (χ2n) is 10.4. The number of allylic oxidation sites excluding steroid dienone is 1. The van der Waals surface area contributed by atoms with Crippen LogP contribution in [0.2, 0.25) is 0 Å². The molecule has 1 spiro atoms. The maximum atomic E-state index is 12.0. The monoisotopic (exact) mass is 354 g/mol. The molecule has 4 fully saturated rings. The Labute approximate surface area is 155 Å². The highest BCUT2D eigenvalue weighted by Crippen LogP contribution is 2.78. The number of aliphatic hydroxyl groups excluding tert-OH is 1. The van der Waals surface area contributed by atoms with Crippen molar-refractivity contribution < 1.29 is 14.6 Å². The number of hydrogen-bond donors (Lipinski definition) is 1. The molecule has 4 unspecified atom stereocenters. The van der Waals surface area contributed by atoms with Crippen LogP contribution in [0, 0.1) is 46.8 Å². The van der Waals surface area contributed by atoms with Gasteiger partial charge in [-0.1, -0.05) is 25.5 Å². The molecule has 0 aromatic heterocycles. The molecule has 3 heteroatoms. The van der Waals surface area contributed by atoms with Crippen molar-refractivity contribution in [2.75, 3.05) is 0 Å². The third-order valence-electron chi connectivity index (χ3n) is 9.47. The second-order valence-corrected chi connectivity index (χ2v) is 10.4. The first-order chi connectivity index (χ1) is 12.4.